The van der Waals surface area contributed by atoms with Crippen molar-refractivity contribution < 1.29 is 14.3 Å². The van der Waals surface area contributed by atoms with Crippen LogP contribution in [0.5, 0.6) is 5.75 Å². The fourth-order valence-corrected chi connectivity index (χ4v) is 4.53. The molecule has 0 aromatic heterocycles. The predicted octanol–water partition coefficient (Wildman–Crippen LogP) is 4.21. The zero-order chi connectivity index (χ0) is 21.8. The van der Waals surface area contributed by atoms with Crippen LogP contribution in [0, 0.1) is 6.92 Å². The molecule has 2 fully saturated rings. The Kier molecular flexibility index (Phi) is 6.63. The fourth-order valence-electron chi connectivity index (χ4n) is 3.70. The zero-order valence-corrected chi connectivity index (χ0v) is 18.7. The molecule has 2 saturated heterocycles. The van der Waals surface area contributed by atoms with Gasteiger partial charge in [0.15, 0.2) is 0 Å². The van der Waals surface area contributed by atoms with Gasteiger partial charge in [0.2, 0.25) is 0 Å². The molecule has 0 atom stereocenters. The molecule has 0 spiro atoms. The number of hydrogen-bond donors (Lipinski definition) is 0. The second-order valence-electron chi connectivity index (χ2n) is 7.69. The lowest BCUT2D eigenvalue weighted by molar-refractivity contribution is -0.124. The van der Waals surface area contributed by atoms with Crippen LogP contribution in [0.3, 0.4) is 0 Å². The van der Waals surface area contributed by atoms with Gasteiger partial charge in [-0.2, -0.15) is 0 Å². The minimum Gasteiger partial charge on any atom is -0.494 e. The molecule has 31 heavy (non-hydrogen) atoms. The van der Waals surface area contributed by atoms with Crippen LogP contribution < -0.4 is 9.64 Å². The smallest absolute Gasteiger partial charge is 0.294 e. The molecular formula is C24H27N3O3S. The maximum Gasteiger partial charge on any atom is 0.294 e. The van der Waals surface area contributed by atoms with Crippen LogP contribution in [0.2, 0.25) is 0 Å². The van der Waals surface area contributed by atoms with Crippen molar-refractivity contribution in [1.29, 1.82) is 0 Å². The first-order valence-corrected chi connectivity index (χ1v) is 11.4. The Balaban J connectivity index is 1.34. The van der Waals surface area contributed by atoms with Gasteiger partial charge < -0.3 is 9.64 Å². The number of thioether (sulfide) groups is 1. The van der Waals surface area contributed by atoms with Gasteiger partial charge in [0.05, 0.1) is 18.2 Å². The Hall–Kier alpha value is -2.77. The lowest BCUT2D eigenvalue weighted by Gasteiger charge is -2.37. The van der Waals surface area contributed by atoms with Crippen LogP contribution >= 0.6 is 11.8 Å². The molecular weight excluding hydrogens is 410 g/mol. The first-order chi connectivity index (χ1) is 15.0. The minimum absolute atomic E-state index is 0.205. The molecule has 2 heterocycles. The van der Waals surface area contributed by atoms with Gasteiger partial charge in [-0.1, -0.05) is 29.8 Å². The third kappa shape index (κ3) is 5.11. The molecule has 2 amide bonds. The highest BCUT2D eigenvalue weighted by Gasteiger charge is 2.36. The number of hydrogen-bond acceptors (Lipinski definition) is 6. The Morgan fingerprint density at radius 3 is 2.29 bits per heavy atom. The van der Waals surface area contributed by atoms with Crippen molar-refractivity contribution in [3.63, 3.8) is 0 Å². The Labute approximate surface area is 187 Å². The third-order valence-corrected chi connectivity index (χ3v) is 6.38. The summed E-state index contributed by atoms with van der Waals surface area (Å²) in [4.78, 5) is 31.7. The van der Waals surface area contributed by atoms with Crippen molar-refractivity contribution in [2.24, 2.45) is 0 Å². The number of nitrogens with zero attached hydrogens (tertiary/aromatic N) is 3. The average Bonchev–Trinajstić information content (AvgIpc) is 3.04. The monoisotopic (exact) mass is 437 g/mol. The molecule has 0 bridgehead atoms. The summed E-state index contributed by atoms with van der Waals surface area (Å²) in [6, 6.07) is 16.1. The number of piperazine rings is 1. The van der Waals surface area contributed by atoms with E-state index in [1.807, 2.05) is 31.2 Å². The summed E-state index contributed by atoms with van der Waals surface area (Å²) in [5.41, 5.74) is 3.34. The van der Waals surface area contributed by atoms with Crippen LogP contribution in [0.25, 0.3) is 6.08 Å². The van der Waals surface area contributed by atoms with Crippen LogP contribution in [-0.4, -0.2) is 60.4 Å². The van der Waals surface area contributed by atoms with E-state index in [0.717, 1.165) is 49.3 Å². The number of aryl methyl sites for hydroxylation is 1. The number of benzene rings is 2. The number of ether oxygens (including phenoxy) is 1. The largest absolute Gasteiger partial charge is 0.494 e. The topological polar surface area (TPSA) is 53.1 Å². The van der Waals surface area contributed by atoms with Gasteiger partial charge in [-0.05, 0) is 61.5 Å². The maximum absolute atomic E-state index is 12.8. The standard InChI is InChI=1S/C24H27N3O3S/c1-3-30-21-10-6-19(7-11-21)16-22-23(28)27(24(29)31-22)17-25-12-14-26(15-13-25)20-8-4-18(2)5-9-20/h4-11,16H,3,12-15,17H2,1-2H3/b22-16-. The molecule has 4 rings (SSSR count). The van der Waals surface area contributed by atoms with Gasteiger partial charge in [-0.25, -0.2) is 0 Å². The maximum atomic E-state index is 12.8. The second kappa shape index (κ2) is 9.58. The van der Waals surface area contributed by atoms with E-state index in [0.29, 0.717) is 18.2 Å². The number of imide groups is 1. The summed E-state index contributed by atoms with van der Waals surface area (Å²) in [5.74, 6) is 0.572. The van der Waals surface area contributed by atoms with Gasteiger partial charge in [-0.3, -0.25) is 19.4 Å². The van der Waals surface area contributed by atoms with E-state index in [4.69, 9.17) is 4.74 Å². The lowest BCUT2D eigenvalue weighted by Crippen LogP contribution is -2.50. The van der Waals surface area contributed by atoms with Gasteiger partial charge in [0.25, 0.3) is 11.1 Å². The summed E-state index contributed by atoms with van der Waals surface area (Å²) in [6.07, 6.45) is 1.77. The fraction of sp³-hybridized carbons (Fsp3) is 0.333. The first-order valence-electron chi connectivity index (χ1n) is 10.6. The molecule has 0 aliphatic carbocycles. The Morgan fingerprint density at radius 1 is 0.968 bits per heavy atom. The van der Waals surface area contributed by atoms with Gasteiger partial charge in [-0.15, -0.1) is 0 Å². The van der Waals surface area contributed by atoms with Crippen molar-refractivity contribution in [3.8, 4) is 5.75 Å². The van der Waals surface area contributed by atoms with E-state index in [9.17, 15) is 9.59 Å². The highest BCUT2D eigenvalue weighted by molar-refractivity contribution is 8.18. The molecule has 2 aromatic rings. The quantitative estimate of drug-likeness (QED) is 0.631. The zero-order valence-electron chi connectivity index (χ0n) is 17.9. The first kappa shape index (κ1) is 21.5. The lowest BCUT2D eigenvalue weighted by atomic mass is 10.2. The normalized spacial score (nSPS) is 18.8. The third-order valence-electron chi connectivity index (χ3n) is 5.48. The van der Waals surface area contributed by atoms with Gasteiger partial charge in [0.1, 0.15) is 5.75 Å². The molecule has 2 aromatic carbocycles. The van der Waals surface area contributed by atoms with Gasteiger partial charge >= 0.3 is 0 Å². The number of amides is 2. The van der Waals surface area contributed by atoms with Crippen LogP contribution in [0.15, 0.2) is 53.4 Å². The Bertz CT molecular complexity index is 965. The number of carbonyl (C=O) groups excluding carboxylic acids is 2. The molecule has 2 aliphatic rings. The highest BCUT2D eigenvalue weighted by Crippen LogP contribution is 2.32. The van der Waals surface area contributed by atoms with E-state index >= 15 is 0 Å². The van der Waals surface area contributed by atoms with E-state index in [2.05, 4.69) is 41.0 Å². The van der Waals surface area contributed by atoms with E-state index < -0.39 is 0 Å². The molecule has 0 radical (unpaired) electrons. The number of rotatable bonds is 6. The van der Waals surface area contributed by atoms with Crippen LogP contribution in [-0.2, 0) is 4.79 Å². The summed E-state index contributed by atoms with van der Waals surface area (Å²) in [7, 11) is 0. The highest BCUT2D eigenvalue weighted by atomic mass is 32.2. The van der Waals surface area contributed by atoms with Crippen molar-refractivity contribution >= 4 is 34.7 Å². The van der Waals surface area contributed by atoms with E-state index in [1.165, 1.54) is 16.2 Å². The molecule has 2 aliphatic heterocycles. The molecule has 7 heteroatoms. The van der Waals surface area contributed by atoms with Crippen molar-refractivity contribution in [1.82, 2.24) is 9.80 Å². The molecule has 0 N–H and O–H groups in total. The van der Waals surface area contributed by atoms with Crippen molar-refractivity contribution in [3.05, 3.63) is 64.6 Å². The van der Waals surface area contributed by atoms with Crippen molar-refractivity contribution in [2.45, 2.75) is 13.8 Å². The van der Waals surface area contributed by atoms with Crippen LogP contribution in [0.4, 0.5) is 10.5 Å². The molecule has 6 nitrogen and oxygen atoms in total. The summed E-state index contributed by atoms with van der Waals surface area (Å²) in [6.45, 7) is 8.35. The van der Waals surface area contributed by atoms with Crippen LogP contribution in [0.1, 0.15) is 18.1 Å². The summed E-state index contributed by atoms with van der Waals surface area (Å²) >= 11 is 1.01. The minimum atomic E-state index is -0.218. The number of carbonyl (C=O) groups is 2. The number of anilines is 1. The summed E-state index contributed by atoms with van der Waals surface area (Å²) in [5, 5.41) is -0.205. The van der Waals surface area contributed by atoms with E-state index in [1.54, 1.807) is 6.08 Å². The van der Waals surface area contributed by atoms with Gasteiger partial charge in [0, 0.05) is 31.9 Å². The molecule has 162 valence electrons. The SMILES string of the molecule is CCOc1ccc(/C=C2\SC(=O)N(CN3CCN(c4ccc(C)cc4)CC3)C2=O)cc1. The predicted molar refractivity (Wildman–Crippen MR) is 125 cm³/mol. The Morgan fingerprint density at radius 2 is 1.65 bits per heavy atom. The van der Waals surface area contributed by atoms with E-state index in [-0.39, 0.29) is 11.1 Å². The second-order valence-corrected chi connectivity index (χ2v) is 8.69. The summed E-state index contributed by atoms with van der Waals surface area (Å²) < 4.78 is 5.45. The molecule has 0 unspecified atom stereocenters. The molecule has 0 saturated carbocycles. The van der Waals surface area contributed by atoms with Crippen molar-refractivity contribution in [2.75, 3.05) is 44.4 Å². The average molecular weight is 438 g/mol.